The zero-order valence-electron chi connectivity index (χ0n) is 12.6. The van der Waals surface area contributed by atoms with E-state index in [0.717, 1.165) is 18.6 Å². The van der Waals surface area contributed by atoms with E-state index in [0.29, 0.717) is 19.5 Å². The fourth-order valence-corrected chi connectivity index (χ4v) is 4.38. The minimum absolute atomic E-state index is 0.138. The Kier molecular flexibility index (Phi) is 5.53. The molecule has 1 aliphatic rings. The van der Waals surface area contributed by atoms with Crippen molar-refractivity contribution in [3.05, 3.63) is 24.3 Å². The molecule has 1 aromatic carbocycles. The maximum atomic E-state index is 12.7. The smallest absolute Gasteiger partial charge is 0.404 e. The van der Waals surface area contributed by atoms with E-state index in [1.54, 1.807) is 7.05 Å². The number of hydrogen-bond acceptors (Lipinski definition) is 4. The highest BCUT2D eigenvalue weighted by atomic mass is 32.2. The number of ether oxygens (including phenoxy) is 1. The van der Waals surface area contributed by atoms with Gasteiger partial charge in [-0.05, 0) is 44.5 Å². The molecule has 2 rings (SSSR count). The van der Waals surface area contributed by atoms with Crippen LogP contribution in [-0.4, -0.2) is 45.8 Å². The van der Waals surface area contributed by atoms with Crippen LogP contribution in [0.4, 0.5) is 13.2 Å². The van der Waals surface area contributed by atoms with Gasteiger partial charge in [-0.1, -0.05) is 12.1 Å². The Hall–Kier alpha value is -1.32. The minimum Gasteiger partial charge on any atom is -0.404 e. The van der Waals surface area contributed by atoms with Crippen LogP contribution < -0.4 is 10.1 Å². The van der Waals surface area contributed by atoms with E-state index in [1.165, 1.54) is 16.4 Å². The summed E-state index contributed by atoms with van der Waals surface area (Å²) >= 11 is 0. The highest BCUT2D eigenvalue weighted by molar-refractivity contribution is 7.89. The van der Waals surface area contributed by atoms with Crippen molar-refractivity contribution in [3.63, 3.8) is 0 Å². The van der Waals surface area contributed by atoms with Gasteiger partial charge >= 0.3 is 6.36 Å². The third-order valence-corrected chi connectivity index (χ3v) is 5.57. The Morgan fingerprint density at radius 2 is 2.04 bits per heavy atom. The van der Waals surface area contributed by atoms with Crippen molar-refractivity contribution in [1.82, 2.24) is 9.62 Å². The molecule has 0 unspecified atom stereocenters. The van der Waals surface area contributed by atoms with Gasteiger partial charge in [-0.25, -0.2) is 8.42 Å². The summed E-state index contributed by atoms with van der Waals surface area (Å²) in [6, 6.07) is 4.83. The van der Waals surface area contributed by atoms with Crippen LogP contribution in [-0.2, 0) is 10.0 Å². The molecule has 9 heteroatoms. The highest BCUT2D eigenvalue weighted by Crippen LogP contribution is 2.32. The highest BCUT2D eigenvalue weighted by Gasteiger charge is 2.36. The van der Waals surface area contributed by atoms with Crippen molar-refractivity contribution in [2.45, 2.75) is 24.1 Å². The lowest BCUT2D eigenvalue weighted by atomic mass is 10.00. The molecule has 1 atom stereocenters. The van der Waals surface area contributed by atoms with Crippen LogP contribution in [0, 0.1) is 5.92 Å². The molecule has 0 bridgehead atoms. The first-order valence-corrected chi connectivity index (χ1v) is 8.67. The van der Waals surface area contributed by atoms with Gasteiger partial charge in [0.1, 0.15) is 10.6 Å². The van der Waals surface area contributed by atoms with Crippen molar-refractivity contribution in [1.29, 1.82) is 0 Å². The van der Waals surface area contributed by atoms with Crippen molar-refractivity contribution >= 4 is 10.0 Å². The average molecular weight is 352 g/mol. The lowest BCUT2D eigenvalue weighted by molar-refractivity contribution is -0.275. The molecule has 1 fully saturated rings. The molecule has 1 saturated heterocycles. The number of sulfonamides is 1. The molecule has 1 aliphatic heterocycles. The molecule has 0 radical (unpaired) electrons. The Morgan fingerprint density at radius 1 is 1.35 bits per heavy atom. The van der Waals surface area contributed by atoms with Crippen LogP contribution in [0.25, 0.3) is 0 Å². The summed E-state index contributed by atoms with van der Waals surface area (Å²) in [7, 11) is -2.26. The quantitative estimate of drug-likeness (QED) is 0.883. The van der Waals surface area contributed by atoms with Gasteiger partial charge in [0, 0.05) is 13.1 Å². The van der Waals surface area contributed by atoms with Gasteiger partial charge in [0.25, 0.3) is 0 Å². The molecule has 1 aromatic rings. The zero-order valence-corrected chi connectivity index (χ0v) is 13.5. The van der Waals surface area contributed by atoms with Gasteiger partial charge < -0.3 is 10.1 Å². The maximum absolute atomic E-state index is 12.7. The molecule has 0 spiro atoms. The topological polar surface area (TPSA) is 58.6 Å². The zero-order chi connectivity index (χ0) is 17.1. The summed E-state index contributed by atoms with van der Waals surface area (Å²) in [4.78, 5) is -0.456. The molecule has 130 valence electrons. The molecule has 0 saturated carbocycles. The monoisotopic (exact) mass is 352 g/mol. The van der Waals surface area contributed by atoms with E-state index < -0.39 is 27.0 Å². The standard InChI is InChI=1S/C14H19F3N2O3S/c1-18-9-11-5-4-8-19(10-11)23(20,21)13-7-3-2-6-12(13)22-14(15,16)17/h2-3,6-7,11,18H,4-5,8-10H2,1H3/t11-/m1/s1. The molecular formula is C14H19F3N2O3S. The largest absolute Gasteiger partial charge is 0.573 e. The van der Waals surface area contributed by atoms with Gasteiger partial charge in [-0.15, -0.1) is 13.2 Å². The summed E-state index contributed by atoms with van der Waals surface area (Å²) in [5.41, 5.74) is 0. The number of piperidine rings is 1. The molecule has 0 aromatic heterocycles. The average Bonchev–Trinajstić information content (AvgIpc) is 2.46. The second kappa shape index (κ2) is 7.06. The van der Waals surface area contributed by atoms with Crippen molar-refractivity contribution in [2.75, 3.05) is 26.7 Å². The van der Waals surface area contributed by atoms with Crippen molar-refractivity contribution < 1.29 is 26.3 Å². The first-order chi connectivity index (χ1) is 10.7. The third kappa shape index (κ3) is 4.58. The van der Waals surface area contributed by atoms with E-state index in [-0.39, 0.29) is 12.5 Å². The van der Waals surface area contributed by atoms with E-state index >= 15 is 0 Å². The maximum Gasteiger partial charge on any atom is 0.573 e. The van der Waals surface area contributed by atoms with Gasteiger partial charge in [-0.2, -0.15) is 4.31 Å². The molecular weight excluding hydrogens is 333 g/mol. The lowest BCUT2D eigenvalue weighted by Gasteiger charge is -2.32. The van der Waals surface area contributed by atoms with Gasteiger partial charge in [-0.3, -0.25) is 0 Å². The van der Waals surface area contributed by atoms with Crippen molar-refractivity contribution in [3.8, 4) is 5.75 Å². The fraction of sp³-hybridized carbons (Fsp3) is 0.571. The normalized spacial score (nSPS) is 20.4. The van der Waals surface area contributed by atoms with Gasteiger partial charge in [0.2, 0.25) is 10.0 Å². The second-order valence-corrected chi connectivity index (χ2v) is 7.33. The van der Waals surface area contributed by atoms with Gasteiger partial charge in [0.05, 0.1) is 0 Å². The minimum atomic E-state index is -4.94. The number of nitrogens with zero attached hydrogens (tertiary/aromatic N) is 1. The number of benzene rings is 1. The molecule has 23 heavy (non-hydrogen) atoms. The molecule has 1 heterocycles. The van der Waals surface area contributed by atoms with Crippen LogP contribution in [0.2, 0.25) is 0 Å². The lowest BCUT2D eigenvalue weighted by Crippen LogP contribution is -2.42. The molecule has 5 nitrogen and oxygen atoms in total. The van der Waals surface area contributed by atoms with Crippen LogP contribution in [0.5, 0.6) is 5.75 Å². The Bertz CT molecular complexity index is 632. The Labute approximate surface area is 133 Å². The Balaban J connectivity index is 2.29. The molecule has 0 amide bonds. The predicted octanol–water partition coefficient (Wildman–Crippen LogP) is 2.21. The summed E-state index contributed by atoms with van der Waals surface area (Å²) in [6.07, 6.45) is -3.39. The number of hydrogen-bond donors (Lipinski definition) is 1. The summed E-state index contributed by atoms with van der Waals surface area (Å²) in [6.45, 7) is 1.24. The molecule has 0 aliphatic carbocycles. The van der Waals surface area contributed by atoms with Crippen molar-refractivity contribution in [2.24, 2.45) is 5.92 Å². The summed E-state index contributed by atoms with van der Waals surface area (Å²) in [5.74, 6) is -0.560. The SMILES string of the molecule is CNC[C@H]1CCCN(S(=O)(=O)c2ccccc2OC(F)(F)F)C1. The first kappa shape index (κ1) is 18.0. The second-order valence-electron chi connectivity index (χ2n) is 5.42. The predicted molar refractivity (Wildman–Crippen MR) is 78.5 cm³/mol. The van der Waals surface area contributed by atoms with Crippen LogP contribution in [0.1, 0.15) is 12.8 Å². The summed E-state index contributed by atoms with van der Waals surface area (Å²) < 4.78 is 67.9. The van der Waals surface area contributed by atoms with Crippen LogP contribution in [0.15, 0.2) is 29.2 Å². The third-order valence-electron chi connectivity index (χ3n) is 3.67. The van der Waals surface area contributed by atoms with E-state index in [1.807, 2.05) is 0 Å². The fourth-order valence-electron chi connectivity index (χ4n) is 2.71. The van der Waals surface area contributed by atoms with E-state index in [9.17, 15) is 21.6 Å². The number of rotatable bonds is 5. The van der Waals surface area contributed by atoms with E-state index in [4.69, 9.17) is 0 Å². The molecule has 1 N–H and O–H groups in total. The number of nitrogens with one attached hydrogen (secondary N) is 1. The number of alkyl halides is 3. The van der Waals surface area contributed by atoms with Crippen LogP contribution >= 0.6 is 0 Å². The summed E-state index contributed by atoms with van der Waals surface area (Å²) in [5, 5.41) is 3.00. The Morgan fingerprint density at radius 3 is 2.70 bits per heavy atom. The van der Waals surface area contributed by atoms with Crippen LogP contribution in [0.3, 0.4) is 0 Å². The number of para-hydroxylation sites is 1. The first-order valence-electron chi connectivity index (χ1n) is 7.23. The van der Waals surface area contributed by atoms with Gasteiger partial charge in [0.15, 0.2) is 0 Å². The van der Waals surface area contributed by atoms with E-state index in [2.05, 4.69) is 10.1 Å². The number of halogens is 3.